The third-order valence-electron chi connectivity index (χ3n) is 3.45. The summed E-state index contributed by atoms with van der Waals surface area (Å²) in [7, 11) is 0.366. The van der Waals surface area contributed by atoms with Crippen LogP contribution in [0.25, 0.3) is 0 Å². The van der Waals surface area contributed by atoms with E-state index in [1.165, 1.54) is 5.01 Å². The van der Waals surface area contributed by atoms with Crippen LogP contribution < -0.4 is 0 Å². The first-order valence-electron chi connectivity index (χ1n) is 6.55. The van der Waals surface area contributed by atoms with Crippen molar-refractivity contribution in [3.05, 3.63) is 35.4 Å². The van der Waals surface area contributed by atoms with Crippen LogP contribution in [0.4, 0.5) is 0 Å². The van der Waals surface area contributed by atoms with Gasteiger partial charge in [-0.1, -0.05) is 0 Å². The van der Waals surface area contributed by atoms with Crippen molar-refractivity contribution in [2.24, 2.45) is 0 Å². The lowest BCUT2D eigenvalue weighted by atomic mass is 10.1. The van der Waals surface area contributed by atoms with Gasteiger partial charge in [0.05, 0.1) is 29.2 Å². The summed E-state index contributed by atoms with van der Waals surface area (Å²) in [4.78, 5) is 12.6. The Bertz CT molecular complexity index is 674. The minimum atomic E-state index is -3.06. The summed E-state index contributed by atoms with van der Waals surface area (Å²) in [5, 5.41) is 11.9. The largest absolute Gasteiger partial charge is 0.268 e. The van der Waals surface area contributed by atoms with Crippen molar-refractivity contribution < 1.29 is 13.2 Å². The summed E-state index contributed by atoms with van der Waals surface area (Å²) in [5.74, 6) is -0.151. The normalized spacial score (nSPS) is 20.2. The summed E-state index contributed by atoms with van der Waals surface area (Å²) in [6.07, 6.45) is 0.447. The van der Waals surface area contributed by atoms with Crippen molar-refractivity contribution in [2.45, 2.75) is 12.5 Å². The van der Waals surface area contributed by atoms with Crippen molar-refractivity contribution in [1.82, 2.24) is 10.0 Å². The highest BCUT2D eigenvalue weighted by atomic mass is 32.2. The van der Waals surface area contributed by atoms with Gasteiger partial charge in [0, 0.05) is 19.7 Å². The average molecular weight is 307 g/mol. The number of carbonyl (C=O) groups is 1. The van der Waals surface area contributed by atoms with Crippen LogP contribution in [0.2, 0.25) is 0 Å². The Morgan fingerprint density at radius 3 is 2.33 bits per heavy atom. The van der Waals surface area contributed by atoms with Crippen LogP contribution in [0.3, 0.4) is 0 Å². The summed E-state index contributed by atoms with van der Waals surface area (Å²) < 4.78 is 23.2. The molecule has 1 atom stereocenters. The van der Waals surface area contributed by atoms with Gasteiger partial charge in [0.2, 0.25) is 0 Å². The highest BCUT2D eigenvalue weighted by molar-refractivity contribution is 7.91. The van der Waals surface area contributed by atoms with Crippen LogP contribution in [-0.2, 0) is 9.84 Å². The van der Waals surface area contributed by atoms with E-state index in [1.54, 1.807) is 43.4 Å². The molecule has 1 saturated heterocycles. The summed E-state index contributed by atoms with van der Waals surface area (Å²) in [5.41, 5.74) is 0.915. The van der Waals surface area contributed by atoms with Crippen LogP contribution >= 0.6 is 0 Å². The molecule has 0 bridgehead atoms. The second kappa shape index (κ2) is 5.84. The van der Waals surface area contributed by atoms with Crippen LogP contribution in [-0.4, -0.2) is 56.0 Å². The van der Waals surface area contributed by atoms with Gasteiger partial charge in [0.15, 0.2) is 9.84 Å². The molecule has 1 fully saturated rings. The molecule has 1 amide bonds. The standard InChI is InChI=1S/C14H17N3O3S/c1-16(2)17(13-7-8-21(19,20)10-13)14(18)12-5-3-11(9-15)4-6-12/h3-6,13H,7-8,10H2,1-2H3/t13-/m1/s1. The van der Waals surface area contributed by atoms with E-state index in [-0.39, 0.29) is 23.5 Å². The van der Waals surface area contributed by atoms with Crippen LogP contribution in [0.1, 0.15) is 22.3 Å². The van der Waals surface area contributed by atoms with Gasteiger partial charge in [-0.15, -0.1) is 0 Å². The van der Waals surface area contributed by atoms with E-state index in [9.17, 15) is 13.2 Å². The monoisotopic (exact) mass is 307 g/mol. The topological polar surface area (TPSA) is 81.5 Å². The lowest BCUT2D eigenvalue weighted by Gasteiger charge is -2.33. The van der Waals surface area contributed by atoms with E-state index >= 15 is 0 Å². The molecular formula is C14H17N3O3S. The maximum absolute atomic E-state index is 12.6. The zero-order valence-electron chi connectivity index (χ0n) is 12.0. The molecule has 1 aliphatic heterocycles. The van der Waals surface area contributed by atoms with E-state index in [0.717, 1.165) is 0 Å². The van der Waals surface area contributed by atoms with Crippen LogP contribution in [0.15, 0.2) is 24.3 Å². The molecule has 0 aliphatic carbocycles. The number of hydrazine groups is 1. The number of nitrogens with zero attached hydrogens (tertiary/aromatic N) is 3. The first-order valence-corrected chi connectivity index (χ1v) is 8.37. The predicted molar refractivity (Wildman–Crippen MR) is 78.1 cm³/mol. The van der Waals surface area contributed by atoms with E-state index in [0.29, 0.717) is 17.5 Å². The number of nitriles is 1. The Kier molecular flexibility index (Phi) is 4.30. The van der Waals surface area contributed by atoms with Gasteiger partial charge in [-0.2, -0.15) is 5.26 Å². The van der Waals surface area contributed by atoms with E-state index in [4.69, 9.17) is 5.26 Å². The first kappa shape index (κ1) is 15.5. The number of hydrogen-bond donors (Lipinski definition) is 0. The van der Waals surface area contributed by atoms with Crippen molar-refractivity contribution in [2.75, 3.05) is 25.6 Å². The Labute approximate surface area is 124 Å². The average Bonchev–Trinajstić information content (AvgIpc) is 2.78. The Balaban J connectivity index is 2.26. The summed E-state index contributed by atoms with van der Waals surface area (Å²) in [6, 6.07) is 7.98. The van der Waals surface area contributed by atoms with E-state index in [1.807, 2.05) is 6.07 Å². The number of carbonyl (C=O) groups excluding carboxylic acids is 1. The predicted octanol–water partition coefficient (Wildman–Crippen LogP) is 0.664. The lowest BCUT2D eigenvalue weighted by molar-refractivity contribution is 0.00101. The molecule has 1 aliphatic rings. The molecule has 2 rings (SSSR count). The molecule has 0 radical (unpaired) electrons. The number of benzene rings is 1. The molecule has 7 heteroatoms. The van der Waals surface area contributed by atoms with Gasteiger partial charge < -0.3 is 0 Å². The molecule has 0 aromatic heterocycles. The van der Waals surface area contributed by atoms with Crippen molar-refractivity contribution >= 4 is 15.7 Å². The molecule has 0 saturated carbocycles. The second-order valence-corrected chi connectivity index (χ2v) is 7.47. The van der Waals surface area contributed by atoms with Gasteiger partial charge in [-0.3, -0.25) is 9.80 Å². The fraction of sp³-hybridized carbons (Fsp3) is 0.429. The van der Waals surface area contributed by atoms with Crippen molar-refractivity contribution in [3.8, 4) is 6.07 Å². The Morgan fingerprint density at radius 2 is 1.90 bits per heavy atom. The molecule has 0 N–H and O–H groups in total. The number of rotatable bonds is 3. The van der Waals surface area contributed by atoms with Gasteiger partial charge >= 0.3 is 0 Å². The van der Waals surface area contributed by atoms with Gasteiger partial charge in [0.1, 0.15) is 0 Å². The minimum absolute atomic E-state index is 0.00675. The third-order valence-corrected chi connectivity index (χ3v) is 5.20. The van der Waals surface area contributed by atoms with Crippen molar-refractivity contribution in [1.29, 1.82) is 5.26 Å². The second-order valence-electron chi connectivity index (χ2n) is 5.24. The lowest BCUT2D eigenvalue weighted by Crippen LogP contribution is -2.49. The van der Waals surface area contributed by atoms with E-state index < -0.39 is 9.84 Å². The highest BCUT2D eigenvalue weighted by Gasteiger charge is 2.36. The number of sulfone groups is 1. The molecule has 6 nitrogen and oxygen atoms in total. The molecule has 21 heavy (non-hydrogen) atoms. The van der Waals surface area contributed by atoms with Gasteiger partial charge in [0.25, 0.3) is 5.91 Å². The molecule has 1 aromatic carbocycles. The SMILES string of the molecule is CN(C)N(C(=O)c1ccc(C#N)cc1)[C@@H]1CCS(=O)(=O)C1. The molecule has 112 valence electrons. The third kappa shape index (κ3) is 3.40. The minimum Gasteiger partial charge on any atom is -0.268 e. The Morgan fingerprint density at radius 1 is 1.29 bits per heavy atom. The van der Waals surface area contributed by atoms with Crippen LogP contribution in [0.5, 0.6) is 0 Å². The van der Waals surface area contributed by atoms with Gasteiger partial charge in [-0.05, 0) is 30.7 Å². The fourth-order valence-electron chi connectivity index (χ4n) is 2.46. The fourth-order valence-corrected chi connectivity index (χ4v) is 4.15. The number of amides is 1. The maximum atomic E-state index is 12.6. The summed E-state index contributed by atoms with van der Waals surface area (Å²) >= 11 is 0. The maximum Gasteiger partial charge on any atom is 0.268 e. The quantitative estimate of drug-likeness (QED) is 0.766. The number of hydrogen-bond acceptors (Lipinski definition) is 5. The molecule has 1 aromatic rings. The molecule has 0 spiro atoms. The molecule has 1 heterocycles. The summed E-state index contributed by atoms with van der Waals surface area (Å²) in [6.45, 7) is 0. The molecular weight excluding hydrogens is 290 g/mol. The van der Waals surface area contributed by atoms with Crippen molar-refractivity contribution in [3.63, 3.8) is 0 Å². The zero-order chi connectivity index (χ0) is 15.6. The zero-order valence-corrected chi connectivity index (χ0v) is 12.8. The van der Waals surface area contributed by atoms with Crippen LogP contribution in [0, 0.1) is 11.3 Å². The van der Waals surface area contributed by atoms with Gasteiger partial charge in [-0.25, -0.2) is 13.4 Å². The first-order chi connectivity index (χ1) is 9.84. The highest BCUT2D eigenvalue weighted by Crippen LogP contribution is 2.21. The molecule has 0 unspecified atom stereocenters. The Hall–Kier alpha value is -1.91. The smallest absolute Gasteiger partial charge is 0.268 e. The van der Waals surface area contributed by atoms with E-state index in [2.05, 4.69) is 0 Å².